The number of nitrogens with zero attached hydrogens (tertiary/aromatic N) is 1. The van der Waals surface area contributed by atoms with Crippen LogP contribution in [-0.4, -0.2) is 24.8 Å². The number of benzene rings is 2. The lowest BCUT2D eigenvalue weighted by Gasteiger charge is -2.12. The molecular weight excluding hydrogens is 393 g/mol. The number of methoxy groups -OCH3 is 1. The maximum Gasteiger partial charge on any atom is 0.341 e. The number of carbonyl (C=O) groups is 1. The lowest BCUT2D eigenvalue weighted by Crippen LogP contribution is -2.10. The van der Waals surface area contributed by atoms with Gasteiger partial charge in [-0.15, -0.1) is 0 Å². The van der Waals surface area contributed by atoms with Crippen LogP contribution in [0.1, 0.15) is 11.1 Å². The first-order valence-electron chi connectivity index (χ1n) is 7.04. The minimum atomic E-state index is -1.12. The second-order valence-corrected chi connectivity index (χ2v) is 5.75. The molecule has 0 fully saturated rings. The highest BCUT2D eigenvalue weighted by Crippen LogP contribution is 2.37. The largest absolute Gasteiger partial charge is 0.493 e. The number of rotatable bonds is 6. The molecule has 2 aromatic carbocycles. The van der Waals surface area contributed by atoms with Crippen molar-refractivity contribution in [2.24, 2.45) is 0 Å². The van der Waals surface area contributed by atoms with Crippen LogP contribution in [0.2, 0.25) is 0 Å². The van der Waals surface area contributed by atoms with Crippen molar-refractivity contribution in [3.8, 4) is 17.6 Å². The third-order valence-corrected chi connectivity index (χ3v) is 3.75. The topological polar surface area (TPSA) is 79.5 Å². The molecule has 0 radical (unpaired) electrons. The van der Waals surface area contributed by atoms with Crippen LogP contribution in [0.5, 0.6) is 11.5 Å². The van der Waals surface area contributed by atoms with Crippen molar-refractivity contribution in [3.63, 3.8) is 0 Å². The van der Waals surface area contributed by atoms with Gasteiger partial charge in [-0.25, -0.2) is 9.18 Å². The molecule has 0 saturated carbocycles. The molecular formula is C18H13BrFNO4. The van der Waals surface area contributed by atoms with E-state index in [1.54, 1.807) is 24.3 Å². The standard InChI is InChI=1S/C18H13BrFNO4/c1-24-16-7-11(6-15(19)18(16)25-10-17(22)23)5-13(9-21)12-3-2-4-14(20)8-12/h2-8H,10H2,1H3,(H,22,23)/b13-5-. The highest BCUT2D eigenvalue weighted by molar-refractivity contribution is 9.10. The van der Waals surface area contributed by atoms with Gasteiger partial charge in [0.15, 0.2) is 18.1 Å². The average Bonchev–Trinajstić information content (AvgIpc) is 2.58. The van der Waals surface area contributed by atoms with E-state index in [0.717, 1.165) is 0 Å². The predicted molar refractivity (Wildman–Crippen MR) is 93.7 cm³/mol. The zero-order valence-electron chi connectivity index (χ0n) is 13.1. The molecule has 0 aromatic heterocycles. The molecule has 0 aliphatic heterocycles. The minimum Gasteiger partial charge on any atom is -0.493 e. The summed E-state index contributed by atoms with van der Waals surface area (Å²) < 4.78 is 24.2. The zero-order chi connectivity index (χ0) is 18.4. The number of carboxylic acid groups (broad SMARTS) is 1. The average molecular weight is 406 g/mol. The van der Waals surface area contributed by atoms with Gasteiger partial charge in [0.25, 0.3) is 0 Å². The van der Waals surface area contributed by atoms with E-state index in [-0.39, 0.29) is 11.3 Å². The van der Waals surface area contributed by atoms with Gasteiger partial charge in [-0.1, -0.05) is 12.1 Å². The Morgan fingerprint density at radius 1 is 1.40 bits per heavy atom. The summed E-state index contributed by atoms with van der Waals surface area (Å²) in [4.78, 5) is 10.7. The van der Waals surface area contributed by atoms with Gasteiger partial charge in [0.2, 0.25) is 0 Å². The summed E-state index contributed by atoms with van der Waals surface area (Å²) in [6.07, 6.45) is 1.57. The smallest absolute Gasteiger partial charge is 0.341 e. The first-order chi connectivity index (χ1) is 11.9. The second kappa shape index (κ2) is 8.31. The van der Waals surface area contributed by atoms with Crippen LogP contribution in [0.4, 0.5) is 4.39 Å². The van der Waals surface area contributed by atoms with Gasteiger partial charge in [0.05, 0.1) is 23.2 Å². The summed E-state index contributed by atoms with van der Waals surface area (Å²) in [5.74, 6) is -1.00. The Morgan fingerprint density at radius 2 is 2.16 bits per heavy atom. The Labute approximate surface area is 152 Å². The summed E-state index contributed by atoms with van der Waals surface area (Å²) >= 11 is 3.30. The van der Waals surface area contributed by atoms with Gasteiger partial charge in [-0.3, -0.25) is 0 Å². The SMILES string of the molecule is COc1cc(/C=C(/C#N)c2cccc(F)c2)cc(Br)c1OCC(=O)O. The Morgan fingerprint density at radius 3 is 2.76 bits per heavy atom. The van der Waals surface area contributed by atoms with Crippen LogP contribution in [0.25, 0.3) is 11.6 Å². The van der Waals surface area contributed by atoms with Gasteiger partial charge in [0.1, 0.15) is 5.82 Å². The quantitative estimate of drug-likeness (QED) is 0.577. The number of aliphatic carboxylic acids is 1. The molecule has 7 heteroatoms. The summed E-state index contributed by atoms with van der Waals surface area (Å²) in [6.45, 7) is -0.517. The van der Waals surface area contributed by atoms with Crippen molar-refractivity contribution in [2.75, 3.05) is 13.7 Å². The molecule has 2 rings (SSSR count). The zero-order valence-corrected chi connectivity index (χ0v) is 14.7. The van der Waals surface area contributed by atoms with E-state index >= 15 is 0 Å². The Hall–Kier alpha value is -2.85. The van der Waals surface area contributed by atoms with Gasteiger partial charge < -0.3 is 14.6 Å². The summed E-state index contributed by atoms with van der Waals surface area (Å²) in [5, 5.41) is 18.1. The molecule has 0 unspecified atom stereocenters. The van der Waals surface area contributed by atoms with Crippen molar-refractivity contribution < 1.29 is 23.8 Å². The maximum absolute atomic E-state index is 13.4. The molecule has 1 N–H and O–H groups in total. The van der Waals surface area contributed by atoms with Crippen LogP contribution >= 0.6 is 15.9 Å². The Bertz CT molecular complexity index is 874. The Kier molecular flexibility index (Phi) is 6.14. The van der Waals surface area contributed by atoms with Crippen LogP contribution in [-0.2, 0) is 4.79 Å². The summed E-state index contributed by atoms with van der Waals surface area (Å²) in [6, 6.07) is 11.0. The van der Waals surface area contributed by atoms with Crippen molar-refractivity contribution in [1.82, 2.24) is 0 Å². The molecule has 5 nitrogen and oxygen atoms in total. The maximum atomic E-state index is 13.4. The molecule has 128 valence electrons. The lowest BCUT2D eigenvalue weighted by atomic mass is 10.0. The fourth-order valence-electron chi connectivity index (χ4n) is 2.10. The van der Waals surface area contributed by atoms with Gasteiger partial charge in [-0.05, 0) is 57.4 Å². The monoisotopic (exact) mass is 405 g/mol. The van der Waals surface area contributed by atoms with E-state index in [2.05, 4.69) is 15.9 Å². The minimum absolute atomic E-state index is 0.242. The van der Waals surface area contributed by atoms with Gasteiger partial charge >= 0.3 is 5.97 Å². The van der Waals surface area contributed by atoms with Crippen LogP contribution in [0.3, 0.4) is 0 Å². The summed E-state index contributed by atoms with van der Waals surface area (Å²) in [7, 11) is 1.42. The third-order valence-electron chi connectivity index (χ3n) is 3.16. The molecule has 2 aromatic rings. The molecule has 0 aliphatic carbocycles. The van der Waals surface area contributed by atoms with E-state index in [4.69, 9.17) is 14.6 Å². The van der Waals surface area contributed by atoms with Crippen LogP contribution in [0.15, 0.2) is 40.9 Å². The van der Waals surface area contributed by atoms with Crippen molar-refractivity contribution in [1.29, 1.82) is 5.26 Å². The van der Waals surface area contributed by atoms with E-state index in [1.807, 2.05) is 6.07 Å². The molecule has 25 heavy (non-hydrogen) atoms. The highest BCUT2D eigenvalue weighted by atomic mass is 79.9. The molecule has 0 spiro atoms. The number of hydrogen-bond acceptors (Lipinski definition) is 4. The van der Waals surface area contributed by atoms with Crippen molar-refractivity contribution in [2.45, 2.75) is 0 Å². The highest BCUT2D eigenvalue weighted by Gasteiger charge is 2.13. The number of ether oxygens (including phenoxy) is 2. The molecule has 0 heterocycles. The number of allylic oxidation sites excluding steroid dienone is 1. The van der Waals surface area contributed by atoms with Crippen molar-refractivity contribution >= 4 is 33.5 Å². The lowest BCUT2D eigenvalue weighted by molar-refractivity contribution is -0.139. The normalized spacial score (nSPS) is 10.9. The first kappa shape index (κ1) is 18.5. The van der Waals surface area contributed by atoms with E-state index in [1.165, 1.54) is 25.3 Å². The third kappa shape index (κ3) is 4.81. The van der Waals surface area contributed by atoms with E-state index in [9.17, 15) is 14.4 Å². The van der Waals surface area contributed by atoms with Gasteiger partial charge in [-0.2, -0.15) is 5.26 Å². The summed E-state index contributed by atoms with van der Waals surface area (Å²) in [5.41, 5.74) is 1.32. The number of halogens is 2. The molecule has 0 atom stereocenters. The van der Waals surface area contributed by atoms with Crippen molar-refractivity contribution in [3.05, 3.63) is 57.8 Å². The van der Waals surface area contributed by atoms with E-state index in [0.29, 0.717) is 21.3 Å². The second-order valence-electron chi connectivity index (χ2n) is 4.90. The Balaban J connectivity index is 2.43. The van der Waals surface area contributed by atoms with Crippen LogP contribution in [0, 0.1) is 17.1 Å². The van der Waals surface area contributed by atoms with Gasteiger partial charge in [0, 0.05) is 0 Å². The van der Waals surface area contributed by atoms with Crippen LogP contribution < -0.4 is 9.47 Å². The fraction of sp³-hybridized carbons (Fsp3) is 0.111. The molecule has 0 amide bonds. The number of carboxylic acids is 1. The molecule has 0 bridgehead atoms. The predicted octanol–water partition coefficient (Wildman–Crippen LogP) is 4.12. The number of hydrogen-bond donors (Lipinski definition) is 1. The molecule has 0 saturated heterocycles. The molecule has 0 aliphatic rings. The number of nitriles is 1. The fourth-order valence-corrected chi connectivity index (χ4v) is 2.67. The van der Waals surface area contributed by atoms with E-state index < -0.39 is 18.4 Å². The first-order valence-corrected chi connectivity index (χ1v) is 7.83.